The number of hydrogen-bond acceptors (Lipinski definition) is 3. The molecule has 0 unspecified atom stereocenters. The van der Waals surface area contributed by atoms with Gasteiger partial charge in [0.1, 0.15) is 6.23 Å². The molecule has 0 aromatic heterocycles. The molecule has 2 aromatic carbocycles. The quantitative estimate of drug-likeness (QED) is 0.947. The van der Waals surface area contributed by atoms with Gasteiger partial charge in [-0.25, -0.2) is 10.0 Å². The fourth-order valence-corrected chi connectivity index (χ4v) is 2.88. The number of hydrogen-bond donors (Lipinski definition) is 1. The summed E-state index contributed by atoms with van der Waals surface area (Å²) in [5, 5.41) is 13.7. The molecule has 4 nitrogen and oxygen atoms in total. The van der Waals surface area contributed by atoms with Gasteiger partial charge in [0.15, 0.2) is 0 Å². The summed E-state index contributed by atoms with van der Waals surface area (Å²) in [5.41, 5.74) is 1.71. The Morgan fingerprint density at radius 1 is 1.09 bits per heavy atom. The third-order valence-electron chi connectivity index (χ3n) is 4.04. The number of aliphatic hydroxyl groups excluding tert-OH is 1. The fraction of sp³-hybridized carbons (Fsp3) is 0.278. The second-order valence-corrected chi connectivity index (χ2v) is 5.66. The maximum Gasteiger partial charge on any atom is 0.270 e. The van der Waals surface area contributed by atoms with Crippen molar-refractivity contribution < 1.29 is 9.90 Å². The Kier molecular flexibility index (Phi) is 4.22. The molecule has 2 atom stereocenters. The summed E-state index contributed by atoms with van der Waals surface area (Å²) >= 11 is 0. The maximum atomic E-state index is 12.7. The molecule has 114 valence electrons. The molecule has 0 bridgehead atoms. The lowest BCUT2D eigenvalue weighted by molar-refractivity contribution is -0.0677. The maximum absolute atomic E-state index is 12.7. The molecule has 1 fully saturated rings. The topological polar surface area (TPSA) is 43.8 Å². The number of benzene rings is 2. The number of aliphatic hydroxyl groups is 1. The number of hydrazine groups is 1. The Labute approximate surface area is 130 Å². The third-order valence-corrected chi connectivity index (χ3v) is 4.04. The van der Waals surface area contributed by atoms with Gasteiger partial charge in [0, 0.05) is 24.6 Å². The molecule has 0 aliphatic carbocycles. The zero-order valence-electron chi connectivity index (χ0n) is 12.6. The lowest BCUT2D eigenvalue weighted by atomic mass is 10.2. The van der Waals surface area contributed by atoms with E-state index < -0.39 is 6.23 Å². The summed E-state index contributed by atoms with van der Waals surface area (Å²) < 4.78 is 0. The van der Waals surface area contributed by atoms with Crippen LogP contribution in [0.25, 0.3) is 0 Å². The lowest BCUT2D eigenvalue weighted by Gasteiger charge is -2.32. The first kappa shape index (κ1) is 14.8. The predicted molar refractivity (Wildman–Crippen MR) is 84.7 cm³/mol. The summed E-state index contributed by atoms with van der Waals surface area (Å²) in [6.07, 6.45) is -0.211. The van der Waals surface area contributed by atoms with Gasteiger partial charge in [-0.05, 0) is 24.6 Å². The Balaban J connectivity index is 1.85. The van der Waals surface area contributed by atoms with Crippen molar-refractivity contribution in [2.75, 3.05) is 0 Å². The lowest BCUT2D eigenvalue weighted by Crippen LogP contribution is -2.46. The predicted octanol–water partition coefficient (Wildman–Crippen LogP) is 2.66. The minimum atomic E-state index is -0.772. The van der Waals surface area contributed by atoms with Gasteiger partial charge >= 0.3 is 0 Å². The van der Waals surface area contributed by atoms with Crippen LogP contribution in [0, 0.1) is 0 Å². The molecule has 1 saturated heterocycles. The highest BCUT2D eigenvalue weighted by Crippen LogP contribution is 2.27. The van der Waals surface area contributed by atoms with Crippen LogP contribution in [-0.2, 0) is 6.54 Å². The molecule has 1 heterocycles. The number of carbonyl (C=O) groups excluding carboxylic acids is 1. The summed E-state index contributed by atoms with van der Waals surface area (Å²) in [7, 11) is 0. The van der Waals surface area contributed by atoms with Crippen LogP contribution >= 0.6 is 0 Å². The minimum Gasteiger partial charge on any atom is -0.372 e. The highest BCUT2D eigenvalue weighted by atomic mass is 16.3. The summed E-state index contributed by atoms with van der Waals surface area (Å²) in [6.45, 7) is 2.64. The molecule has 3 rings (SSSR count). The van der Waals surface area contributed by atoms with Crippen molar-refractivity contribution in [2.45, 2.75) is 32.2 Å². The zero-order chi connectivity index (χ0) is 15.5. The SMILES string of the molecule is C[C@H]1C[C@H](O)N(C(=O)c2ccccc2)N1Cc1ccccc1. The second-order valence-electron chi connectivity index (χ2n) is 5.66. The van der Waals surface area contributed by atoms with Gasteiger partial charge in [-0.15, -0.1) is 0 Å². The first-order chi connectivity index (χ1) is 10.7. The smallest absolute Gasteiger partial charge is 0.270 e. The Morgan fingerprint density at radius 3 is 2.32 bits per heavy atom. The van der Waals surface area contributed by atoms with E-state index in [2.05, 4.69) is 0 Å². The van der Waals surface area contributed by atoms with Crippen molar-refractivity contribution in [3.8, 4) is 0 Å². The molecule has 2 aromatic rings. The van der Waals surface area contributed by atoms with Gasteiger partial charge in [-0.2, -0.15) is 0 Å². The zero-order valence-corrected chi connectivity index (χ0v) is 12.6. The van der Waals surface area contributed by atoms with Crippen molar-refractivity contribution in [1.82, 2.24) is 10.0 Å². The van der Waals surface area contributed by atoms with E-state index >= 15 is 0 Å². The van der Waals surface area contributed by atoms with Crippen molar-refractivity contribution in [3.05, 3.63) is 71.8 Å². The van der Waals surface area contributed by atoms with E-state index in [9.17, 15) is 9.90 Å². The molecule has 0 spiro atoms. The van der Waals surface area contributed by atoms with E-state index in [0.717, 1.165) is 5.56 Å². The van der Waals surface area contributed by atoms with Gasteiger partial charge < -0.3 is 5.11 Å². The van der Waals surface area contributed by atoms with Crippen LogP contribution in [0.1, 0.15) is 29.3 Å². The minimum absolute atomic E-state index is 0.114. The molecule has 1 aliphatic heterocycles. The number of rotatable bonds is 3. The second kappa shape index (κ2) is 6.30. The first-order valence-electron chi connectivity index (χ1n) is 7.54. The van der Waals surface area contributed by atoms with Crippen LogP contribution in [0.2, 0.25) is 0 Å². The molecule has 1 aliphatic rings. The summed E-state index contributed by atoms with van der Waals surface area (Å²) in [6, 6.07) is 19.2. The number of carbonyl (C=O) groups is 1. The Bertz CT molecular complexity index is 630. The normalized spacial score (nSPS) is 22.0. The summed E-state index contributed by atoms with van der Waals surface area (Å²) in [4.78, 5) is 12.7. The highest BCUT2D eigenvalue weighted by Gasteiger charge is 2.39. The molecule has 4 heteroatoms. The fourth-order valence-electron chi connectivity index (χ4n) is 2.88. The van der Waals surface area contributed by atoms with E-state index in [4.69, 9.17) is 0 Å². The van der Waals surface area contributed by atoms with Gasteiger partial charge in [0.05, 0.1) is 0 Å². The first-order valence-corrected chi connectivity index (χ1v) is 7.54. The Hall–Kier alpha value is -2.17. The third kappa shape index (κ3) is 2.89. The van der Waals surface area contributed by atoms with Crippen LogP contribution in [0.5, 0.6) is 0 Å². The van der Waals surface area contributed by atoms with Gasteiger partial charge in [-0.1, -0.05) is 48.5 Å². The largest absolute Gasteiger partial charge is 0.372 e. The van der Waals surface area contributed by atoms with Crippen molar-refractivity contribution >= 4 is 5.91 Å². The number of amides is 1. The van der Waals surface area contributed by atoms with E-state index in [-0.39, 0.29) is 11.9 Å². The van der Waals surface area contributed by atoms with Crippen LogP contribution < -0.4 is 0 Å². The van der Waals surface area contributed by atoms with E-state index in [1.165, 1.54) is 5.01 Å². The Morgan fingerprint density at radius 2 is 1.68 bits per heavy atom. The molecular weight excluding hydrogens is 276 g/mol. The van der Waals surface area contributed by atoms with Crippen LogP contribution in [0.4, 0.5) is 0 Å². The highest BCUT2D eigenvalue weighted by molar-refractivity contribution is 5.94. The van der Waals surface area contributed by atoms with Crippen LogP contribution in [-0.4, -0.2) is 33.3 Å². The van der Waals surface area contributed by atoms with Crippen LogP contribution in [0.3, 0.4) is 0 Å². The average molecular weight is 296 g/mol. The van der Waals surface area contributed by atoms with Crippen molar-refractivity contribution in [2.24, 2.45) is 0 Å². The molecule has 22 heavy (non-hydrogen) atoms. The molecule has 0 saturated carbocycles. The molecular formula is C18H20N2O2. The summed E-state index contributed by atoms with van der Waals surface area (Å²) in [5.74, 6) is -0.159. The van der Waals surface area contributed by atoms with E-state index in [0.29, 0.717) is 18.5 Å². The number of nitrogens with zero attached hydrogens (tertiary/aromatic N) is 2. The van der Waals surface area contributed by atoms with Crippen molar-refractivity contribution in [1.29, 1.82) is 0 Å². The van der Waals surface area contributed by atoms with E-state index in [1.54, 1.807) is 12.1 Å². The molecule has 1 amide bonds. The van der Waals surface area contributed by atoms with Gasteiger partial charge in [0.25, 0.3) is 5.91 Å². The molecule has 1 N–H and O–H groups in total. The van der Waals surface area contributed by atoms with Crippen LogP contribution in [0.15, 0.2) is 60.7 Å². The van der Waals surface area contributed by atoms with E-state index in [1.807, 2.05) is 60.5 Å². The van der Waals surface area contributed by atoms with Gasteiger partial charge in [0.2, 0.25) is 0 Å². The molecule has 0 radical (unpaired) electrons. The average Bonchev–Trinajstić information content (AvgIpc) is 2.82. The standard InChI is InChI=1S/C18H20N2O2/c1-14-12-17(21)20(18(22)16-10-6-3-7-11-16)19(14)13-15-8-4-2-5-9-15/h2-11,14,17,21H,12-13H2,1H3/t14-,17-/m0/s1. The van der Waals surface area contributed by atoms with Crippen molar-refractivity contribution in [3.63, 3.8) is 0 Å². The monoisotopic (exact) mass is 296 g/mol. The van der Waals surface area contributed by atoms with Gasteiger partial charge in [-0.3, -0.25) is 4.79 Å².